The van der Waals surface area contributed by atoms with Crippen molar-refractivity contribution in [1.29, 1.82) is 0 Å². The van der Waals surface area contributed by atoms with Crippen LogP contribution in [0.3, 0.4) is 0 Å². The van der Waals surface area contributed by atoms with Gasteiger partial charge in [-0.05, 0) is 31.2 Å². The average Bonchev–Trinajstić information content (AvgIpc) is 2.92. The van der Waals surface area contributed by atoms with E-state index in [4.69, 9.17) is 23.9 Å². The number of nitrogens with zero attached hydrogens (tertiary/aromatic N) is 3. The van der Waals surface area contributed by atoms with Crippen molar-refractivity contribution in [3.8, 4) is 17.2 Å². The molecule has 0 saturated carbocycles. The largest absolute Gasteiger partial charge is 0.497 e. The van der Waals surface area contributed by atoms with Crippen LogP contribution < -0.4 is 24.4 Å². The van der Waals surface area contributed by atoms with E-state index in [-0.39, 0.29) is 6.61 Å². The van der Waals surface area contributed by atoms with E-state index in [2.05, 4.69) is 10.2 Å². The summed E-state index contributed by atoms with van der Waals surface area (Å²) in [6.45, 7) is 4.57. The third-order valence-electron chi connectivity index (χ3n) is 6.40. The number of hydrogen-bond acceptors (Lipinski definition) is 9. The number of guanidine groups is 1. The van der Waals surface area contributed by atoms with Crippen LogP contribution in [0.5, 0.6) is 17.2 Å². The second-order valence-corrected chi connectivity index (χ2v) is 8.37. The summed E-state index contributed by atoms with van der Waals surface area (Å²) in [5.74, 6) is 0.120. The van der Waals surface area contributed by atoms with Crippen LogP contribution in [0.2, 0.25) is 0 Å². The van der Waals surface area contributed by atoms with Crippen LogP contribution in [0.25, 0.3) is 0 Å². The predicted molar refractivity (Wildman–Crippen MR) is 135 cm³/mol. The second kappa shape index (κ2) is 11.2. The molecule has 2 aromatic carbocycles. The molecule has 0 aliphatic carbocycles. The van der Waals surface area contributed by atoms with Crippen molar-refractivity contribution >= 4 is 23.5 Å². The molecule has 0 unspecified atom stereocenters. The van der Waals surface area contributed by atoms with Gasteiger partial charge >= 0.3 is 5.97 Å². The molecule has 192 valence electrons. The first kappa shape index (κ1) is 25.2. The minimum Gasteiger partial charge on any atom is -0.497 e. The van der Waals surface area contributed by atoms with E-state index in [0.717, 1.165) is 11.4 Å². The molecule has 1 N–H and O–H groups in total. The van der Waals surface area contributed by atoms with Crippen molar-refractivity contribution in [1.82, 2.24) is 10.2 Å². The zero-order chi connectivity index (χ0) is 25.7. The molecule has 0 aromatic heterocycles. The molecule has 2 aliphatic heterocycles. The molecule has 1 amide bonds. The molecular formula is C26H32N4O6. The summed E-state index contributed by atoms with van der Waals surface area (Å²) in [6.07, 6.45) is 0. The van der Waals surface area contributed by atoms with Gasteiger partial charge < -0.3 is 28.7 Å². The Hall–Kier alpha value is -3.95. The van der Waals surface area contributed by atoms with Crippen LogP contribution in [0.1, 0.15) is 18.5 Å². The van der Waals surface area contributed by atoms with E-state index < -0.39 is 23.8 Å². The Morgan fingerprint density at radius 3 is 2.33 bits per heavy atom. The van der Waals surface area contributed by atoms with Gasteiger partial charge in [0, 0.05) is 37.8 Å². The molecule has 2 atom stereocenters. The number of amides is 1. The molecule has 1 fully saturated rings. The lowest BCUT2D eigenvalue weighted by molar-refractivity contribution is -0.153. The Bertz CT molecular complexity index is 1130. The summed E-state index contributed by atoms with van der Waals surface area (Å²) in [5.41, 5.74) is 1.63. The number of anilines is 1. The van der Waals surface area contributed by atoms with Crippen LogP contribution in [0, 0.1) is 5.92 Å². The maximum absolute atomic E-state index is 13.2. The lowest BCUT2D eigenvalue weighted by Crippen LogP contribution is -2.57. The molecule has 10 nitrogen and oxygen atoms in total. The molecule has 2 heterocycles. The van der Waals surface area contributed by atoms with Crippen molar-refractivity contribution in [2.24, 2.45) is 10.9 Å². The number of benzene rings is 2. The third kappa shape index (κ3) is 5.02. The number of esters is 1. The number of methoxy groups -OCH3 is 3. The van der Waals surface area contributed by atoms with Crippen molar-refractivity contribution in [2.75, 3.05) is 59.0 Å². The number of para-hydroxylation sites is 2. The van der Waals surface area contributed by atoms with Gasteiger partial charge in [0.25, 0.3) is 0 Å². The van der Waals surface area contributed by atoms with Gasteiger partial charge in [0.05, 0.1) is 33.6 Å². The highest BCUT2D eigenvalue weighted by atomic mass is 16.5. The smallest absolute Gasteiger partial charge is 0.321 e. The molecule has 4 rings (SSSR count). The number of nitrogens with one attached hydrogen (secondary N) is 1. The fourth-order valence-electron chi connectivity index (χ4n) is 4.56. The summed E-state index contributed by atoms with van der Waals surface area (Å²) in [5, 5.41) is 2.84. The number of carbonyl (C=O) groups is 2. The average molecular weight is 497 g/mol. The standard InChI is InChI=1S/C26H32N4O6/c1-5-36-25(32)22-23(18-11-10-17(33-2)16-21(18)35-4)27-26(28-24(22)31)30-14-12-29(13-15-30)19-8-6-7-9-20(19)34-3/h6-11,16,22-23H,5,12-15H2,1-4H3,(H,27,28,31)/t22-,23-/m0/s1. The molecular weight excluding hydrogens is 464 g/mol. The number of piperazine rings is 1. The lowest BCUT2D eigenvalue weighted by Gasteiger charge is -2.40. The van der Waals surface area contributed by atoms with Crippen LogP contribution in [-0.4, -0.2) is 76.9 Å². The fourth-order valence-corrected chi connectivity index (χ4v) is 4.56. The van der Waals surface area contributed by atoms with E-state index in [9.17, 15) is 9.59 Å². The van der Waals surface area contributed by atoms with Gasteiger partial charge in [-0.3, -0.25) is 14.9 Å². The highest BCUT2D eigenvalue weighted by molar-refractivity contribution is 6.08. The van der Waals surface area contributed by atoms with Crippen LogP contribution in [0.15, 0.2) is 47.5 Å². The Morgan fingerprint density at radius 1 is 0.972 bits per heavy atom. The number of ether oxygens (including phenoxy) is 4. The fraction of sp³-hybridized carbons (Fsp3) is 0.423. The predicted octanol–water partition coefficient (Wildman–Crippen LogP) is 2.24. The van der Waals surface area contributed by atoms with Crippen LogP contribution >= 0.6 is 0 Å². The SMILES string of the molecule is CCOC(=O)[C@@H]1C(=O)NC(N2CCN(c3ccccc3OC)CC2)=N[C@H]1c1ccc(OC)cc1OC. The van der Waals surface area contributed by atoms with Crippen molar-refractivity contribution in [3.05, 3.63) is 48.0 Å². The summed E-state index contributed by atoms with van der Waals surface area (Å²) < 4.78 is 21.6. The van der Waals surface area contributed by atoms with Crippen molar-refractivity contribution in [3.63, 3.8) is 0 Å². The highest BCUT2D eigenvalue weighted by Crippen LogP contribution is 2.38. The molecule has 0 spiro atoms. The molecule has 10 heteroatoms. The van der Waals surface area contributed by atoms with Crippen LogP contribution in [-0.2, 0) is 14.3 Å². The minimum atomic E-state index is -1.13. The Kier molecular flexibility index (Phi) is 7.82. The Labute approximate surface area is 210 Å². The van der Waals surface area contributed by atoms with E-state index >= 15 is 0 Å². The van der Waals surface area contributed by atoms with Gasteiger partial charge in [0.1, 0.15) is 23.3 Å². The minimum absolute atomic E-state index is 0.163. The first-order valence-electron chi connectivity index (χ1n) is 11.9. The molecule has 0 bridgehead atoms. The molecule has 1 saturated heterocycles. The third-order valence-corrected chi connectivity index (χ3v) is 6.40. The summed E-state index contributed by atoms with van der Waals surface area (Å²) in [4.78, 5) is 35.2. The zero-order valence-electron chi connectivity index (χ0n) is 21.0. The monoisotopic (exact) mass is 496 g/mol. The zero-order valence-corrected chi connectivity index (χ0v) is 21.0. The van der Waals surface area contributed by atoms with Gasteiger partial charge in [-0.25, -0.2) is 4.99 Å². The topological polar surface area (TPSA) is 102 Å². The quantitative estimate of drug-likeness (QED) is 0.460. The maximum atomic E-state index is 13.2. The Balaban J connectivity index is 1.62. The highest BCUT2D eigenvalue weighted by Gasteiger charge is 2.43. The summed E-state index contributed by atoms with van der Waals surface area (Å²) >= 11 is 0. The summed E-state index contributed by atoms with van der Waals surface area (Å²) in [7, 11) is 4.75. The van der Waals surface area contributed by atoms with Gasteiger partial charge in [0.15, 0.2) is 5.92 Å². The summed E-state index contributed by atoms with van der Waals surface area (Å²) in [6, 6.07) is 12.3. The van der Waals surface area contributed by atoms with E-state index in [1.165, 1.54) is 7.11 Å². The lowest BCUT2D eigenvalue weighted by atomic mass is 9.90. The number of hydrogen-bond donors (Lipinski definition) is 1. The van der Waals surface area contributed by atoms with Gasteiger partial charge in [-0.15, -0.1) is 0 Å². The van der Waals surface area contributed by atoms with Gasteiger partial charge in [0.2, 0.25) is 11.9 Å². The Morgan fingerprint density at radius 2 is 1.67 bits per heavy atom. The van der Waals surface area contributed by atoms with E-state index in [1.807, 2.05) is 29.2 Å². The molecule has 0 radical (unpaired) electrons. The maximum Gasteiger partial charge on any atom is 0.321 e. The van der Waals surface area contributed by atoms with Crippen LogP contribution in [0.4, 0.5) is 5.69 Å². The molecule has 2 aromatic rings. The van der Waals surface area contributed by atoms with Crippen molar-refractivity contribution < 1.29 is 28.5 Å². The first-order chi connectivity index (χ1) is 17.5. The van der Waals surface area contributed by atoms with E-state index in [1.54, 1.807) is 39.3 Å². The normalized spacial score (nSPS) is 19.8. The van der Waals surface area contributed by atoms with Gasteiger partial charge in [-0.1, -0.05) is 12.1 Å². The molecule has 36 heavy (non-hydrogen) atoms. The van der Waals surface area contributed by atoms with E-state index in [0.29, 0.717) is 49.2 Å². The van der Waals surface area contributed by atoms with Crippen molar-refractivity contribution in [2.45, 2.75) is 13.0 Å². The number of rotatable bonds is 7. The first-order valence-corrected chi connectivity index (χ1v) is 11.9. The number of aliphatic imine (C=N–C) groups is 1. The molecule has 2 aliphatic rings. The van der Waals surface area contributed by atoms with Gasteiger partial charge in [-0.2, -0.15) is 0 Å². The second-order valence-electron chi connectivity index (χ2n) is 8.37. The number of carbonyl (C=O) groups excluding carboxylic acids is 2.